The summed E-state index contributed by atoms with van der Waals surface area (Å²) in [7, 11) is 0. The van der Waals surface area contributed by atoms with Crippen molar-refractivity contribution >= 4 is 33.4 Å². The highest BCUT2D eigenvalue weighted by Gasteiger charge is 2.35. The molecule has 9 rings (SSSR count). The molecule has 2 aromatic heterocycles. The summed E-state index contributed by atoms with van der Waals surface area (Å²) in [6.07, 6.45) is 8.86. The number of nitrogens with zero attached hydrogens (tertiary/aromatic N) is 3. The standard InChI is InChI=1S/C41H27N3S/c1-3-13-26(14-4-1)37-33-22-12-21-30(36(33)31-19-7-9-23-34(31)42-37)28-17-11-18-29(25-28)41-43-38(27-15-5-2-6-16-27)40-39(44-41)32-20-8-10-24-35(32)45-40/h1-25,32,35H. The van der Waals surface area contributed by atoms with Gasteiger partial charge in [-0.1, -0.05) is 140 Å². The molecule has 45 heavy (non-hydrogen) atoms. The first-order valence-corrected chi connectivity index (χ1v) is 16.2. The number of benzene rings is 5. The number of hydrogen-bond donors (Lipinski definition) is 0. The van der Waals surface area contributed by atoms with E-state index in [0.29, 0.717) is 5.25 Å². The summed E-state index contributed by atoms with van der Waals surface area (Å²) in [5.41, 5.74) is 9.66. The van der Waals surface area contributed by atoms with Gasteiger partial charge < -0.3 is 0 Å². The minimum atomic E-state index is 0.246. The molecule has 2 unspecified atom stereocenters. The van der Waals surface area contributed by atoms with Gasteiger partial charge in [0.1, 0.15) is 0 Å². The minimum absolute atomic E-state index is 0.246. The molecule has 2 atom stereocenters. The van der Waals surface area contributed by atoms with Crippen LogP contribution in [0.15, 0.2) is 157 Å². The van der Waals surface area contributed by atoms with Gasteiger partial charge in [-0.15, -0.1) is 11.8 Å². The SMILES string of the molecule is C1=CC2Sc3c(-c4ccccc4)nc(-c4cccc(-c5cccc6c(-c7ccccc7)nc7ccccc7c56)c4)nc3C2C=C1. The van der Waals surface area contributed by atoms with E-state index in [2.05, 4.69) is 146 Å². The first-order chi connectivity index (χ1) is 22.3. The van der Waals surface area contributed by atoms with Crippen molar-refractivity contribution in [1.29, 1.82) is 0 Å². The summed E-state index contributed by atoms with van der Waals surface area (Å²) in [6.45, 7) is 0. The average Bonchev–Trinajstić information content (AvgIpc) is 3.50. The largest absolute Gasteiger partial charge is 0.247 e. The monoisotopic (exact) mass is 593 g/mol. The van der Waals surface area contributed by atoms with Crippen LogP contribution in [0.3, 0.4) is 0 Å². The quantitative estimate of drug-likeness (QED) is 0.190. The Balaban J connectivity index is 1.25. The highest BCUT2D eigenvalue weighted by atomic mass is 32.2. The molecule has 1 aliphatic heterocycles. The smallest absolute Gasteiger partial charge is 0.160 e. The molecule has 212 valence electrons. The number of hydrogen-bond acceptors (Lipinski definition) is 4. The van der Waals surface area contributed by atoms with Crippen LogP contribution in [0.25, 0.3) is 66.7 Å². The zero-order valence-electron chi connectivity index (χ0n) is 24.3. The second-order valence-electron chi connectivity index (χ2n) is 11.5. The van der Waals surface area contributed by atoms with Gasteiger partial charge in [-0.2, -0.15) is 0 Å². The molecular formula is C41H27N3S. The third-order valence-corrected chi connectivity index (χ3v) is 10.2. The molecule has 0 saturated heterocycles. The molecule has 0 bridgehead atoms. The number of rotatable bonds is 4. The zero-order chi connectivity index (χ0) is 29.7. The first-order valence-electron chi connectivity index (χ1n) is 15.3. The summed E-state index contributed by atoms with van der Waals surface area (Å²) >= 11 is 1.88. The van der Waals surface area contributed by atoms with Crippen molar-refractivity contribution in [3.05, 3.63) is 157 Å². The van der Waals surface area contributed by atoms with E-state index in [9.17, 15) is 0 Å². The summed E-state index contributed by atoms with van der Waals surface area (Å²) in [6, 6.07) is 44.7. The predicted octanol–water partition coefficient (Wildman–Crippen LogP) is 10.5. The highest BCUT2D eigenvalue weighted by Crippen LogP contribution is 2.51. The highest BCUT2D eigenvalue weighted by molar-refractivity contribution is 8.00. The van der Waals surface area contributed by atoms with Crippen LogP contribution in [0, 0.1) is 0 Å². The fourth-order valence-corrected chi connectivity index (χ4v) is 8.08. The van der Waals surface area contributed by atoms with Crippen molar-refractivity contribution in [1.82, 2.24) is 15.0 Å². The van der Waals surface area contributed by atoms with E-state index in [-0.39, 0.29) is 5.92 Å². The first kappa shape index (κ1) is 26.1. The Morgan fingerprint density at radius 2 is 1.18 bits per heavy atom. The lowest BCUT2D eigenvalue weighted by Gasteiger charge is -2.16. The number of para-hydroxylation sites is 1. The van der Waals surface area contributed by atoms with Crippen LogP contribution < -0.4 is 0 Å². The Hall–Kier alpha value is -5.32. The van der Waals surface area contributed by atoms with Crippen LogP contribution in [0.4, 0.5) is 0 Å². The Bertz CT molecular complexity index is 2310. The summed E-state index contributed by atoms with van der Waals surface area (Å²) in [5.74, 6) is 1.01. The van der Waals surface area contributed by atoms with Gasteiger partial charge in [0.05, 0.1) is 27.5 Å². The van der Waals surface area contributed by atoms with Crippen molar-refractivity contribution in [3.8, 4) is 45.0 Å². The fraction of sp³-hybridized carbons (Fsp3) is 0.0488. The van der Waals surface area contributed by atoms with Gasteiger partial charge in [0.25, 0.3) is 0 Å². The van der Waals surface area contributed by atoms with Crippen LogP contribution in [-0.4, -0.2) is 20.2 Å². The minimum Gasteiger partial charge on any atom is -0.247 e. The van der Waals surface area contributed by atoms with Gasteiger partial charge >= 0.3 is 0 Å². The van der Waals surface area contributed by atoms with E-state index in [1.165, 1.54) is 15.8 Å². The third-order valence-electron chi connectivity index (χ3n) is 8.80. The van der Waals surface area contributed by atoms with Crippen molar-refractivity contribution in [3.63, 3.8) is 0 Å². The summed E-state index contributed by atoms with van der Waals surface area (Å²) < 4.78 is 0. The topological polar surface area (TPSA) is 38.7 Å². The van der Waals surface area contributed by atoms with Crippen molar-refractivity contribution in [2.45, 2.75) is 16.1 Å². The summed E-state index contributed by atoms with van der Waals surface area (Å²) in [5, 5.41) is 3.84. The van der Waals surface area contributed by atoms with E-state index >= 15 is 0 Å². The van der Waals surface area contributed by atoms with Gasteiger partial charge in [0.15, 0.2) is 5.82 Å². The number of fused-ring (bicyclic) bond motifs is 6. The second-order valence-corrected chi connectivity index (χ2v) is 12.7. The Labute approximate surface area is 266 Å². The van der Waals surface area contributed by atoms with Gasteiger partial charge in [-0.25, -0.2) is 15.0 Å². The van der Waals surface area contributed by atoms with Crippen LogP contribution in [0.5, 0.6) is 0 Å². The lowest BCUT2D eigenvalue weighted by atomic mass is 9.92. The third kappa shape index (κ3) is 4.41. The second kappa shape index (κ2) is 10.7. The maximum atomic E-state index is 5.27. The molecule has 4 heteroatoms. The van der Waals surface area contributed by atoms with Crippen LogP contribution in [-0.2, 0) is 0 Å². The number of aromatic nitrogens is 3. The number of allylic oxidation sites excluding steroid dienone is 3. The van der Waals surface area contributed by atoms with E-state index < -0.39 is 0 Å². The van der Waals surface area contributed by atoms with Crippen LogP contribution in [0.1, 0.15) is 11.6 Å². The Morgan fingerprint density at radius 1 is 0.511 bits per heavy atom. The van der Waals surface area contributed by atoms with Gasteiger partial charge in [0.2, 0.25) is 0 Å². The molecule has 7 aromatic rings. The number of thioether (sulfide) groups is 1. The zero-order valence-corrected chi connectivity index (χ0v) is 25.2. The normalized spacial score (nSPS) is 16.6. The molecule has 0 fully saturated rings. The molecule has 2 aliphatic rings. The van der Waals surface area contributed by atoms with Crippen LogP contribution in [0.2, 0.25) is 0 Å². The molecule has 0 amide bonds. The van der Waals surface area contributed by atoms with Crippen LogP contribution >= 0.6 is 11.8 Å². The maximum Gasteiger partial charge on any atom is 0.160 e. The summed E-state index contributed by atoms with van der Waals surface area (Å²) in [4.78, 5) is 16.9. The molecule has 0 saturated carbocycles. The van der Waals surface area contributed by atoms with E-state index in [1.54, 1.807) is 0 Å². The fourth-order valence-electron chi connectivity index (χ4n) is 6.70. The lowest BCUT2D eigenvalue weighted by molar-refractivity contribution is 0.829. The maximum absolute atomic E-state index is 5.27. The van der Waals surface area contributed by atoms with Gasteiger partial charge in [-0.3, -0.25) is 0 Å². The van der Waals surface area contributed by atoms with Crippen molar-refractivity contribution in [2.24, 2.45) is 0 Å². The molecule has 5 aromatic carbocycles. The molecule has 0 spiro atoms. The van der Waals surface area contributed by atoms with E-state index in [1.807, 2.05) is 17.8 Å². The Morgan fingerprint density at radius 3 is 2.02 bits per heavy atom. The number of pyridine rings is 1. The Kier molecular flexibility index (Phi) is 6.20. The van der Waals surface area contributed by atoms with Gasteiger partial charge in [0, 0.05) is 44.0 Å². The predicted molar refractivity (Wildman–Crippen MR) is 187 cm³/mol. The molecular weight excluding hydrogens is 567 g/mol. The molecule has 0 radical (unpaired) electrons. The van der Waals surface area contributed by atoms with E-state index in [0.717, 1.165) is 61.4 Å². The van der Waals surface area contributed by atoms with Crippen molar-refractivity contribution < 1.29 is 0 Å². The molecule has 3 nitrogen and oxygen atoms in total. The molecule has 3 heterocycles. The average molecular weight is 594 g/mol. The van der Waals surface area contributed by atoms with E-state index in [4.69, 9.17) is 15.0 Å². The lowest BCUT2D eigenvalue weighted by Crippen LogP contribution is -2.09. The van der Waals surface area contributed by atoms with Gasteiger partial charge in [-0.05, 0) is 23.3 Å². The van der Waals surface area contributed by atoms with Crippen molar-refractivity contribution in [2.75, 3.05) is 0 Å². The molecule has 1 aliphatic carbocycles. The molecule has 0 N–H and O–H groups in total.